The first-order valence-corrected chi connectivity index (χ1v) is 9.11. The van der Waals surface area contributed by atoms with E-state index in [0.29, 0.717) is 29.8 Å². The van der Waals surface area contributed by atoms with Crippen LogP contribution in [0.1, 0.15) is 25.8 Å². The molecular formula is C16H27ClN2O2S. The Morgan fingerprint density at radius 1 is 1.27 bits per heavy atom. The normalized spacial score (nSPS) is 19.4. The Kier molecular flexibility index (Phi) is 7.32. The number of nitrogens with one attached hydrogen (secondary N) is 1. The van der Waals surface area contributed by atoms with Gasteiger partial charge in [-0.25, -0.2) is 8.42 Å². The Bertz CT molecular complexity index is 558. The zero-order valence-corrected chi connectivity index (χ0v) is 15.2. The minimum Gasteiger partial charge on any atom is -0.319 e. The van der Waals surface area contributed by atoms with Crippen LogP contribution in [-0.4, -0.2) is 39.4 Å². The smallest absolute Gasteiger partial charge is 0.243 e. The molecule has 2 rings (SSSR count). The van der Waals surface area contributed by atoms with Crippen LogP contribution in [0.2, 0.25) is 0 Å². The van der Waals surface area contributed by atoms with E-state index in [4.69, 9.17) is 0 Å². The van der Waals surface area contributed by atoms with E-state index in [1.165, 1.54) is 5.56 Å². The standard InChI is InChI=1S/C16H26N2O2S.ClH/c1-13(2)10-14-4-6-16(7-5-14)21(19,20)18-9-8-15(12-18)11-17-3;/h4-7,13,15,17H,8-12H2,1-3H3;1H. The van der Waals surface area contributed by atoms with Crippen LogP contribution in [0.5, 0.6) is 0 Å². The second-order valence-electron chi connectivity index (χ2n) is 6.32. The van der Waals surface area contributed by atoms with Gasteiger partial charge in [0.05, 0.1) is 4.90 Å². The molecule has 0 spiro atoms. The van der Waals surface area contributed by atoms with Gasteiger partial charge in [-0.2, -0.15) is 4.31 Å². The summed E-state index contributed by atoms with van der Waals surface area (Å²) in [7, 11) is -1.42. The van der Waals surface area contributed by atoms with Gasteiger partial charge in [0.1, 0.15) is 0 Å². The number of hydrogen-bond acceptors (Lipinski definition) is 3. The van der Waals surface area contributed by atoms with Gasteiger partial charge < -0.3 is 5.32 Å². The number of nitrogens with zero attached hydrogens (tertiary/aromatic N) is 1. The van der Waals surface area contributed by atoms with Crippen molar-refractivity contribution in [1.29, 1.82) is 0 Å². The lowest BCUT2D eigenvalue weighted by Gasteiger charge is -2.17. The Labute approximate surface area is 140 Å². The molecule has 0 aromatic heterocycles. The van der Waals surface area contributed by atoms with Gasteiger partial charge in [0.2, 0.25) is 10.0 Å². The third-order valence-electron chi connectivity index (χ3n) is 3.95. The molecule has 0 saturated carbocycles. The van der Waals surface area contributed by atoms with Gasteiger partial charge in [0.25, 0.3) is 0 Å². The van der Waals surface area contributed by atoms with Gasteiger partial charge in [0, 0.05) is 13.1 Å². The highest BCUT2D eigenvalue weighted by Crippen LogP contribution is 2.24. The van der Waals surface area contributed by atoms with Crippen molar-refractivity contribution in [3.63, 3.8) is 0 Å². The average molecular weight is 347 g/mol. The lowest BCUT2D eigenvalue weighted by atomic mass is 10.0. The zero-order chi connectivity index (χ0) is 15.5. The summed E-state index contributed by atoms with van der Waals surface area (Å²) in [6.45, 7) is 6.45. The predicted molar refractivity (Wildman–Crippen MR) is 93.0 cm³/mol. The van der Waals surface area contributed by atoms with Crippen LogP contribution in [0.3, 0.4) is 0 Å². The highest BCUT2D eigenvalue weighted by Gasteiger charge is 2.32. The van der Waals surface area contributed by atoms with Crippen molar-refractivity contribution in [3.05, 3.63) is 29.8 Å². The highest BCUT2D eigenvalue weighted by atomic mass is 35.5. The second-order valence-corrected chi connectivity index (χ2v) is 8.26. The third kappa shape index (κ3) is 4.69. The Hall–Kier alpha value is -0.620. The fourth-order valence-electron chi connectivity index (χ4n) is 2.89. The molecule has 4 nitrogen and oxygen atoms in total. The maximum absolute atomic E-state index is 12.6. The highest BCUT2D eigenvalue weighted by molar-refractivity contribution is 7.89. The minimum atomic E-state index is -3.33. The van der Waals surface area contributed by atoms with Crippen LogP contribution in [0.4, 0.5) is 0 Å². The van der Waals surface area contributed by atoms with Gasteiger partial charge >= 0.3 is 0 Å². The molecule has 1 aromatic carbocycles. The molecule has 1 aromatic rings. The van der Waals surface area contributed by atoms with Crippen LogP contribution >= 0.6 is 12.4 Å². The first kappa shape index (κ1) is 19.4. The van der Waals surface area contributed by atoms with Crippen LogP contribution < -0.4 is 5.32 Å². The molecule has 126 valence electrons. The number of benzene rings is 1. The summed E-state index contributed by atoms with van der Waals surface area (Å²) in [5, 5.41) is 3.13. The summed E-state index contributed by atoms with van der Waals surface area (Å²) in [5.41, 5.74) is 1.19. The van der Waals surface area contributed by atoms with Crippen molar-refractivity contribution in [2.75, 3.05) is 26.7 Å². The monoisotopic (exact) mass is 346 g/mol. The molecule has 1 saturated heterocycles. The third-order valence-corrected chi connectivity index (χ3v) is 5.83. The minimum absolute atomic E-state index is 0. The van der Waals surface area contributed by atoms with Gasteiger partial charge in [-0.1, -0.05) is 26.0 Å². The largest absolute Gasteiger partial charge is 0.319 e. The van der Waals surface area contributed by atoms with Crippen LogP contribution in [-0.2, 0) is 16.4 Å². The van der Waals surface area contributed by atoms with Crippen molar-refractivity contribution in [1.82, 2.24) is 9.62 Å². The first-order valence-electron chi connectivity index (χ1n) is 7.67. The maximum Gasteiger partial charge on any atom is 0.243 e. The van der Waals surface area contributed by atoms with E-state index in [1.54, 1.807) is 16.4 Å². The molecule has 0 aliphatic carbocycles. The van der Waals surface area contributed by atoms with E-state index in [9.17, 15) is 8.42 Å². The van der Waals surface area contributed by atoms with E-state index in [-0.39, 0.29) is 12.4 Å². The average Bonchev–Trinajstić information content (AvgIpc) is 2.88. The maximum atomic E-state index is 12.6. The van der Waals surface area contributed by atoms with Gasteiger partial charge in [-0.15, -0.1) is 12.4 Å². The fraction of sp³-hybridized carbons (Fsp3) is 0.625. The molecule has 1 aliphatic rings. The predicted octanol–water partition coefficient (Wildman–Crippen LogP) is 2.54. The van der Waals surface area contributed by atoms with Gasteiger partial charge in [-0.05, 0) is 56.0 Å². The van der Waals surface area contributed by atoms with E-state index in [2.05, 4.69) is 19.2 Å². The van der Waals surface area contributed by atoms with Gasteiger partial charge in [0.15, 0.2) is 0 Å². The summed E-state index contributed by atoms with van der Waals surface area (Å²) in [5.74, 6) is 0.998. The van der Waals surface area contributed by atoms with Crippen molar-refractivity contribution < 1.29 is 8.42 Å². The van der Waals surface area contributed by atoms with E-state index >= 15 is 0 Å². The molecule has 6 heteroatoms. The molecule has 1 atom stereocenters. The molecule has 0 radical (unpaired) electrons. The summed E-state index contributed by atoms with van der Waals surface area (Å²) in [6.07, 6.45) is 1.92. The van der Waals surface area contributed by atoms with Crippen molar-refractivity contribution in [2.24, 2.45) is 11.8 Å². The topological polar surface area (TPSA) is 49.4 Å². The molecule has 1 fully saturated rings. The summed E-state index contributed by atoms with van der Waals surface area (Å²) in [4.78, 5) is 0.417. The summed E-state index contributed by atoms with van der Waals surface area (Å²) >= 11 is 0. The summed E-state index contributed by atoms with van der Waals surface area (Å²) in [6, 6.07) is 7.37. The van der Waals surface area contributed by atoms with E-state index in [1.807, 2.05) is 19.2 Å². The Morgan fingerprint density at radius 3 is 2.45 bits per heavy atom. The van der Waals surface area contributed by atoms with Crippen LogP contribution in [0.15, 0.2) is 29.2 Å². The molecule has 22 heavy (non-hydrogen) atoms. The lowest BCUT2D eigenvalue weighted by Crippen LogP contribution is -2.30. The Balaban J connectivity index is 0.00000242. The number of halogens is 1. The SMILES string of the molecule is CNCC1CCN(S(=O)(=O)c2ccc(CC(C)C)cc2)C1.Cl. The molecule has 1 aliphatic heterocycles. The van der Waals surface area contributed by atoms with E-state index < -0.39 is 10.0 Å². The van der Waals surface area contributed by atoms with Crippen LogP contribution in [0.25, 0.3) is 0 Å². The molecule has 1 unspecified atom stereocenters. The number of hydrogen-bond donors (Lipinski definition) is 1. The summed E-state index contributed by atoms with van der Waals surface area (Å²) < 4.78 is 26.9. The zero-order valence-electron chi connectivity index (χ0n) is 13.6. The Morgan fingerprint density at radius 2 is 1.91 bits per heavy atom. The van der Waals surface area contributed by atoms with Crippen molar-refractivity contribution in [3.8, 4) is 0 Å². The molecule has 0 amide bonds. The fourth-order valence-corrected chi connectivity index (χ4v) is 4.42. The van der Waals surface area contributed by atoms with Crippen LogP contribution in [0, 0.1) is 11.8 Å². The second kappa shape index (κ2) is 8.29. The molecule has 0 bridgehead atoms. The first-order chi connectivity index (χ1) is 9.93. The number of sulfonamides is 1. The number of rotatable bonds is 6. The van der Waals surface area contributed by atoms with Crippen molar-refractivity contribution >= 4 is 22.4 Å². The quantitative estimate of drug-likeness (QED) is 0.861. The van der Waals surface area contributed by atoms with Crippen molar-refractivity contribution in [2.45, 2.75) is 31.6 Å². The molecular weight excluding hydrogens is 320 g/mol. The van der Waals surface area contributed by atoms with E-state index in [0.717, 1.165) is 19.4 Å². The molecule has 1 heterocycles. The lowest BCUT2D eigenvalue weighted by molar-refractivity contribution is 0.451. The van der Waals surface area contributed by atoms with Gasteiger partial charge in [-0.3, -0.25) is 0 Å². The molecule has 1 N–H and O–H groups in total.